The van der Waals surface area contributed by atoms with Gasteiger partial charge in [-0.2, -0.15) is 0 Å². The number of rotatable bonds is 3. The highest BCUT2D eigenvalue weighted by Crippen LogP contribution is 2.28. The quantitative estimate of drug-likeness (QED) is 0.589. The van der Waals surface area contributed by atoms with E-state index in [4.69, 9.17) is 5.84 Å². The van der Waals surface area contributed by atoms with Crippen LogP contribution < -0.4 is 16.6 Å². The number of nitrogen functional groups attached to an aromatic ring is 1. The molecule has 5 nitrogen and oxygen atoms in total. The molecule has 8 heteroatoms. The molecular weight excluding hydrogens is 332 g/mol. The number of nitrogens with zero attached hydrogens (tertiary/aromatic N) is 2. The molecule has 0 saturated heterocycles. The zero-order valence-corrected chi connectivity index (χ0v) is 12.3. The van der Waals surface area contributed by atoms with Gasteiger partial charge < -0.3 is 10.7 Å². The van der Waals surface area contributed by atoms with Crippen molar-refractivity contribution in [1.29, 1.82) is 0 Å². The van der Waals surface area contributed by atoms with Crippen molar-refractivity contribution in [2.45, 2.75) is 13.8 Å². The summed E-state index contributed by atoms with van der Waals surface area (Å²) in [6.07, 6.45) is 0. The number of nitrogens with two attached hydrogens (primary N) is 1. The highest BCUT2D eigenvalue weighted by atomic mass is 79.9. The average molecular weight is 344 g/mol. The molecule has 0 spiro atoms. The zero-order valence-electron chi connectivity index (χ0n) is 10.8. The maximum atomic E-state index is 13.8. The predicted octanol–water partition coefficient (Wildman–Crippen LogP) is 3.16. The second kappa shape index (κ2) is 5.68. The largest absolute Gasteiger partial charge is 0.335 e. The van der Waals surface area contributed by atoms with Crippen molar-refractivity contribution < 1.29 is 8.78 Å². The summed E-state index contributed by atoms with van der Waals surface area (Å²) in [5.74, 6) is 4.98. The van der Waals surface area contributed by atoms with E-state index in [1.54, 1.807) is 13.8 Å². The number of halogens is 3. The first-order valence-corrected chi connectivity index (χ1v) is 6.45. The summed E-state index contributed by atoms with van der Waals surface area (Å²) in [6.45, 7) is 3.34. The Morgan fingerprint density at radius 1 is 1.10 bits per heavy atom. The van der Waals surface area contributed by atoms with Gasteiger partial charge in [-0.25, -0.2) is 24.6 Å². The molecule has 0 saturated carbocycles. The Morgan fingerprint density at radius 2 is 1.65 bits per heavy atom. The molecule has 106 valence electrons. The summed E-state index contributed by atoms with van der Waals surface area (Å²) < 4.78 is 27.9. The van der Waals surface area contributed by atoms with Gasteiger partial charge in [-0.15, -0.1) is 0 Å². The van der Waals surface area contributed by atoms with Gasteiger partial charge >= 0.3 is 0 Å². The predicted molar refractivity (Wildman–Crippen MR) is 76.7 cm³/mol. The molecule has 0 atom stereocenters. The monoisotopic (exact) mass is 343 g/mol. The molecule has 0 bridgehead atoms. The summed E-state index contributed by atoms with van der Waals surface area (Å²) in [4.78, 5) is 8.19. The lowest BCUT2D eigenvalue weighted by molar-refractivity contribution is 0.589. The molecule has 0 amide bonds. The van der Waals surface area contributed by atoms with Crippen molar-refractivity contribution >= 4 is 33.3 Å². The number of hydrazine groups is 1. The van der Waals surface area contributed by atoms with E-state index in [1.807, 2.05) is 0 Å². The highest BCUT2D eigenvalue weighted by Gasteiger charge is 2.14. The van der Waals surface area contributed by atoms with Crippen LogP contribution in [0, 0.1) is 25.5 Å². The number of anilines is 3. The van der Waals surface area contributed by atoms with Crippen LogP contribution in [0.25, 0.3) is 0 Å². The van der Waals surface area contributed by atoms with E-state index < -0.39 is 11.6 Å². The van der Waals surface area contributed by atoms with Crippen LogP contribution in [-0.2, 0) is 0 Å². The maximum absolute atomic E-state index is 13.8. The van der Waals surface area contributed by atoms with E-state index in [1.165, 1.54) is 0 Å². The summed E-state index contributed by atoms with van der Waals surface area (Å²) in [6, 6.07) is 2.33. The summed E-state index contributed by atoms with van der Waals surface area (Å²) in [5.41, 5.74) is 2.69. The SMILES string of the molecule is Cc1nc(NN)c(C)c(Nc2c(F)cc(Br)cc2F)n1. The molecule has 0 aliphatic carbocycles. The van der Waals surface area contributed by atoms with Crippen molar-refractivity contribution in [3.05, 3.63) is 39.6 Å². The molecule has 0 radical (unpaired) electrons. The van der Waals surface area contributed by atoms with Gasteiger partial charge in [0.15, 0.2) is 11.6 Å². The third-order valence-electron chi connectivity index (χ3n) is 2.64. The van der Waals surface area contributed by atoms with Crippen molar-refractivity contribution in [3.63, 3.8) is 0 Å². The number of aromatic nitrogens is 2. The van der Waals surface area contributed by atoms with Gasteiger partial charge in [-0.1, -0.05) is 15.9 Å². The van der Waals surface area contributed by atoms with Gasteiger partial charge in [0, 0.05) is 10.0 Å². The van der Waals surface area contributed by atoms with Gasteiger partial charge in [0.05, 0.1) is 0 Å². The van der Waals surface area contributed by atoms with Gasteiger partial charge in [0.25, 0.3) is 0 Å². The third kappa shape index (κ3) is 2.86. The van der Waals surface area contributed by atoms with Crippen LogP contribution in [0.3, 0.4) is 0 Å². The highest BCUT2D eigenvalue weighted by molar-refractivity contribution is 9.10. The van der Waals surface area contributed by atoms with Crippen LogP contribution in [-0.4, -0.2) is 9.97 Å². The normalized spacial score (nSPS) is 10.5. The Labute approximate surface area is 122 Å². The minimum absolute atomic E-state index is 0.280. The van der Waals surface area contributed by atoms with E-state index in [-0.39, 0.29) is 11.5 Å². The standard InChI is InChI=1S/C12H12BrF2N5/c1-5-11(17-6(2)18-12(5)20-16)19-10-8(14)3-7(13)4-9(10)15/h3-4H,16H2,1-2H3,(H2,17,18,19,20). The summed E-state index contributed by atoms with van der Waals surface area (Å²) >= 11 is 3.02. The lowest BCUT2D eigenvalue weighted by Gasteiger charge is -2.13. The second-order valence-electron chi connectivity index (χ2n) is 4.11. The van der Waals surface area contributed by atoms with E-state index in [0.29, 0.717) is 21.7 Å². The first kappa shape index (κ1) is 14.6. The molecule has 1 heterocycles. The van der Waals surface area contributed by atoms with E-state index in [2.05, 4.69) is 36.6 Å². The second-order valence-corrected chi connectivity index (χ2v) is 5.02. The van der Waals surface area contributed by atoms with Crippen LogP contribution in [0.2, 0.25) is 0 Å². The fourth-order valence-corrected chi connectivity index (χ4v) is 2.07. The topological polar surface area (TPSA) is 75.9 Å². The molecule has 2 aromatic rings. The Hall–Kier alpha value is -1.80. The van der Waals surface area contributed by atoms with Crippen molar-refractivity contribution in [1.82, 2.24) is 9.97 Å². The number of hydrogen-bond donors (Lipinski definition) is 3. The minimum atomic E-state index is -0.727. The van der Waals surface area contributed by atoms with Crippen LogP contribution in [0.15, 0.2) is 16.6 Å². The fourth-order valence-electron chi connectivity index (χ4n) is 1.67. The molecule has 0 aliphatic rings. The molecule has 20 heavy (non-hydrogen) atoms. The molecule has 0 aliphatic heterocycles. The molecule has 1 aromatic carbocycles. The zero-order chi connectivity index (χ0) is 14.9. The molecule has 0 fully saturated rings. The van der Waals surface area contributed by atoms with Gasteiger partial charge in [-0.05, 0) is 26.0 Å². The summed E-state index contributed by atoms with van der Waals surface area (Å²) in [5, 5.41) is 2.63. The first-order chi connectivity index (χ1) is 9.42. The van der Waals surface area contributed by atoms with E-state index in [9.17, 15) is 8.78 Å². The molecule has 2 rings (SSSR count). The number of nitrogens with one attached hydrogen (secondary N) is 2. The summed E-state index contributed by atoms with van der Waals surface area (Å²) in [7, 11) is 0. The van der Waals surface area contributed by atoms with Crippen LogP contribution in [0.5, 0.6) is 0 Å². The fraction of sp³-hybridized carbons (Fsp3) is 0.167. The van der Waals surface area contributed by atoms with Crippen LogP contribution in [0.4, 0.5) is 26.1 Å². The van der Waals surface area contributed by atoms with Crippen molar-refractivity contribution in [2.75, 3.05) is 10.7 Å². The van der Waals surface area contributed by atoms with E-state index in [0.717, 1.165) is 12.1 Å². The van der Waals surface area contributed by atoms with Crippen LogP contribution in [0.1, 0.15) is 11.4 Å². The Morgan fingerprint density at radius 3 is 2.20 bits per heavy atom. The molecule has 1 aromatic heterocycles. The third-order valence-corrected chi connectivity index (χ3v) is 3.10. The number of benzene rings is 1. The smallest absolute Gasteiger partial charge is 0.150 e. The minimum Gasteiger partial charge on any atom is -0.335 e. The van der Waals surface area contributed by atoms with Gasteiger partial charge in [-0.3, -0.25) is 0 Å². The Bertz CT molecular complexity index is 640. The van der Waals surface area contributed by atoms with Crippen molar-refractivity contribution in [3.8, 4) is 0 Å². The van der Waals surface area contributed by atoms with Crippen molar-refractivity contribution in [2.24, 2.45) is 5.84 Å². The van der Waals surface area contributed by atoms with Gasteiger partial charge in [0.1, 0.15) is 23.1 Å². The van der Waals surface area contributed by atoms with Gasteiger partial charge in [0.2, 0.25) is 0 Å². The maximum Gasteiger partial charge on any atom is 0.150 e. The lowest BCUT2D eigenvalue weighted by atomic mass is 10.2. The van der Waals surface area contributed by atoms with E-state index >= 15 is 0 Å². The molecular formula is C12H12BrF2N5. The molecule has 0 unspecified atom stereocenters. The average Bonchev–Trinajstić information content (AvgIpc) is 2.37. The first-order valence-electron chi connectivity index (χ1n) is 5.65. The Kier molecular flexibility index (Phi) is 4.15. The Balaban J connectivity index is 2.48. The van der Waals surface area contributed by atoms with Crippen LogP contribution >= 0.6 is 15.9 Å². The lowest BCUT2D eigenvalue weighted by Crippen LogP contribution is -2.13. The number of hydrogen-bond acceptors (Lipinski definition) is 5. The molecule has 4 N–H and O–H groups in total. The number of aryl methyl sites for hydroxylation is 1.